The lowest BCUT2D eigenvalue weighted by molar-refractivity contribution is -0.121. The van der Waals surface area contributed by atoms with Crippen molar-refractivity contribution in [2.75, 3.05) is 19.6 Å². The van der Waals surface area contributed by atoms with Gasteiger partial charge < -0.3 is 10.0 Å². The summed E-state index contributed by atoms with van der Waals surface area (Å²) >= 11 is 0. The zero-order chi connectivity index (χ0) is 10.6. The lowest BCUT2D eigenvalue weighted by Gasteiger charge is -2.35. The molecule has 1 amide bonds. The summed E-state index contributed by atoms with van der Waals surface area (Å²) in [4.78, 5) is 13.0. The first-order valence-electron chi connectivity index (χ1n) is 4.98. The number of amides is 1. The summed E-state index contributed by atoms with van der Waals surface area (Å²) in [5.41, 5.74) is 1.58. The highest BCUT2D eigenvalue weighted by Crippen LogP contribution is 2.20. The van der Waals surface area contributed by atoms with E-state index < -0.39 is 5.60 Å². The van der Waals surface area contributed by atoms with E-state index >= 15 is 0 Å². The minimum absolute atomic E-state index is 0.137. The molecule has 0 unspecified atom stereocenters. The largest absolute Gasteiger partial charge is 0.390 e. The summed E-state index contributed by atoms with van der Waals surface area (Å²) in [5.74, 6) is 4.84. The molecule has 0 atom stereocenters. The Balaban J connectivity index is 2.19. The average molecular weight is 201 g/mol. The molecule has 5 nitrogen and oxygen atoms in total. The number of nitrogens with two attached hydrogens (primary N) is 1. The van der Waals surface area contributed by atoms with Crippen molar-refractivity contribution in [3.63, 3.8) is 0 Å². The number of nitrogens with zero attached hydrogens (tertiary/aromatic N) is 1. The van der Waals surface area contributed by atoms with Gasteiger partial charge in [-0.2, -0.15) is 0 Å². The number of hydrogen-bond donors (Lipinski definition) is 3. The van der Waals surface area contributed by atoms with Gasteiger partial charge in [-0.25, -0.2) is 5.84 Å². The molecule has 82 valence electrons. The summed E-state index contributed by atoms with van der Waals surface area (Å²) in [6.45, 7) is 4.28. The van der Waals surface area contributed by atoms with Crippen LogP contribution in [0.15, 0.2) is 0 Å². The van der Waals surface area contributed by atoms with Gasteiger partial charge in [0.25, 0.3) is 0 Å². The highest BCUT2D eigenvalue weighted by atomic mass is 16.3. The zero-order valence-corrected chi connectivity index (χ0v) is 8.62. The van der Waals surface area contributed by atoms with Crippen molar-refractivity contribution >= 4 is 5.91 Å². The highest BCUT2D eigenvalue weighted by Gasteiger charge is 2.26. The maximum absolute atomic E-state index is 10.9. The van der Waals surface area contributed by atoms with Crippen molar-refractivity contribution in [2.24, 2.45) is 5.84 Å². The number of rotatable bonds is 3. The normalized spacial score (nSPS) is 21.9. The number of likely N-dealkylation sites (tertiary alicyclic amines) is 1. The molecule has 1 heterocycles. The molecule has 1 aliphatic heterocycles. The van der Waals surface area contributed by atoms with Crippen LogP contribution in [-0.4, -0.2) is 41.1 Å². The number of hydrazine groups is 1. The number of piperidine rings is 1. The zero-order valence-electron chi connectivity index (χ0n) is 8.62. The van der Waals surface area contributed by atoms with E-state index in [-0.39, 0.29) is 5.91 Å². The van der Waals surface area contributed by atoms with Crippen molar-refractivity contribution in [2.45, 2.75) is 31.8 Å². The van der Waals surface area contributed by atoms with Crippen LogP contribution in [0, 0.1) is 0 Å². The first-order chi connectivity index (χ1) is 6.53. The molecule has 0 saturated carbocycles. The fraction of sp³-hybridized carbons (Fsp3) is 0.889. The summed E-state index contributed by atoms with van der Waals surface area (Å²) in [6, 6.07) is 0. The van der Waals surface area contributed by atoms with Crippen molar-refractivity contribution in [1.82, 2.24) is 10.3 Å². The summed E-state index contributed by atoms with van der Waals surface area (Å²) < 4.78 is 0. The van der Waals surface area contributed by atoms with E-state index in [2.05, 4.69) is 10.3 Å². The fourth-order valence-electron chi connectivity index (χ4n) is 1.59. The number of hydrogen-bond acceptors (Lipinski definition) is 4. The second kappa shape index (κ2) is 4.72. The van der Waals surface area contributed by atoms with Crippen LogP contribution in [-0.2, 0) is 4.79 Å². The maximum Gasteiger partial charge on any atom is 0.235 e. The Bertz CT molecular complexity index is 196. The molecule has 0 aromatic rings. The van der Waals surface area contributed by atoms with Crippen LogP contribution < -0.4 is 11.3 Å². The van der Waals surface area contributed by atoms with E-state index in [1.54, 1.807) is 0 Å². The molecule has 0 bridgehead atoms. The summed E-state index contributed by atoms with van der Waals surface area (Å²) in [5, 5.41) is 9.69. The maximum atomic E-state index is 10.9. The van der Waals surface area contributed by atoms with Gasteiger partial charge in [0.15, 0.2) is 0 Å². The highest BCUT2D eigenvalue weighted by molar-refractivity contribution is 5.75. The quantitative estimate of drug-likeness (QED) is 0.318. The van der Waals surface area contributed by atoms with Crippen LogP contribution in [0.25, 0.3) is 0 Å². The number of carbonyl (C=O) groups is 1. The van der Waals surface area contributed by atoms with E-state index in [1.165, 1.54) is 0 Å². The fourth-order valence-corrected chi connectivity index (χ4v) is 1.59. The van der Waals surface area contributed by atoms with Gasteiger partial charge in [-0.3, -0.25) is 10.2 Å². The topological polar surface area (TPSA) is 78.6 Å². The Hall–Kier alpha value is -0.650. The first-order valence-corrected chi connectivity index (χ1v) is 4.98. The molecule has 0 spiro atoms. The monoisotopic (exact) mass is 201 g/mol. The predicted octanol–water partition coefficient (Wildman–Crippen LogP) is -0.787. The third kappa shape index (κ3) is 3.61. The van der Waals surface area contributed by atoms with Crippen molar-refractivity contribution in [1.29, 1.82) is 0 Å². The van der Waals surface area contributed by atoms with Crippen molar-refractivity contribution < 1.29 is 9.90 Å². The number of carbonyl (C=O) groups excluding carboxylic acids is 1. The lowest BCUT2D eigenvalue weighted by Crippen LogP contribution is -2.43. The van der Waals surface area contributed by atoms with Gasteiger partial charge in [-0.1, -0.05) is 0 Å². The van der Waals surface area contributed by atoms with E-state index in [4.69, 9.17) is 5.84 Å². The molecular weight excluding hydrogens is 182 g/mol. The molecular formula is C9H19N3O2. The van der Waals surface area contributed by atoms with Crippen LogP contribution in [0.1, 0.15) is 26.2 Å². The van der Waals surface area contributed by atoms with E-state index in [0.29, 0.717) is 6.42 Å². The molecule has 0 aromatic carbocycles. The Morgan fingerprint density at radius 1 is 1.57 bits per heavy atom. The molecule has 0 aromatic heterocycles. The standard InChI is InChI=1S/C9H19N3O2/c1-9(14)3-6-12(7-4-9)5-2-8(13)11-10/h14H,2-7,10H2,1H3,(H,11,13). The van der Waals surface area contributed by atoms with Crippen LogP contribution in [0.3, 0.4) is 0 Å². The van der Waals surface area contributed by atoms with Gasteiger partial charge in [-0.15, -0.1) is 0 Å². The molecule has 5 heteroatoms. The van der Waals surface area contributed by atoms with Gasteiger partial charge in [-0.05, 0) is 19.8 Å². The van der Waals surface area contributed by atoms with Crippen LogP contribution in [0.5, 0.6) is 0 Å². The summed E-state index contributed by atoms with van der Waals surface area (Å²) in [7, 11) is 0. The Kier molecular flexibility index (Phi) is 3.86. The third-order valence-electron chi connectivity index (χ3n) is 2.75. The molecule has 4 N–H and O–H groups in total. The molecule has 1 rings (SSSR count). The van der Waals surface area contributed by atoms with Crippen LogP contribution >= 0.6 is 0 Å². The van der Waals surface area contributed by atoms with Gasteiger partial charge >= 0.3 is 0 Å². The molecule has 14 heavy (non-hydrogen) atoms. The SMILES string of the molecule is CC1(O)CCN(CCC(=O)NN)CC1. The second-order valence-electron chi connectivity index (χ2n) is 4.16. The molecule has 1 aliphatic rings. The molecule has 1 fully saturated rings. The second-order valence-corrected chi connectivity index (χ2v) is 4.16. The predicted molar refractivity (Wildman–Crippen MR) is 53.2 cm³/mol. The summed E-state index contributed by atoms with van der Waals surface area (Å²) in [6.07, 6.45) is 1.98. The van der Waals surface area contributed by atoms with Gasteiger partial charge in [0, 0.05) is 26.1 Å². The van der Waals surface area contributed by atoms with Gasteiger partial charge in [0.05, 0.1) is 5.60 Å². The number of nitrogens with one attached hydrogen (secondary N) is 1. The minimum atomic E-state index is -0.521. The molecule has 0 aliphatic carbocycles. The van der Waals surface area contributed by atoms with Gasteiger partial charge in [0.2, 0.25) is 5.91 Å². The van der Waals surface area contributed by atoms with Crippen LogP contribution in [0.2, 0.25) is 0 Å². The first kappa shape index (κ1) is 11.4. The average Bonchev–Trinajstić information content (AvgIpc) is 2.16. The Morgan fingerprint density at radius 3 is 2.64 bits per heavy atom. The van der Waals surface area contributed by atoms with Crippen molar-refractivity contribution in [3.05, 3.63) is 0 Å². The van der Waals surface area contributed by atoms with E-state index in [9.17, 15) is 9.90 Å². The van der Waals surface area contributed by atoms with Crippen LogP contribution in [0.4, 0.5) is 0 Å². The van der Waals surface area contributed by atoms with E-state index in [1.807, 2.05) is 6.92 Å². The Labute approximate surface area is 84.2 Å². The minimum Gasteiger partial charge on any atom is -0.390 e. The smallest absolute Gasteiger partial charge is 0.235 e. The number of aliphatic hydroxyl groups is 1. The van der Waals surface area contributed by atoms with E-state index in [0.717, 1.165) is 32.5 Å². The Morgan fingerprint density at radius 2 is 2.14 bits per heavy atom. The lowest BCUT2D eigenvalue weighted by atomic mass is 9.94. The van der Waals surface area contributed by atoms with Gasteiger partial charge in [0.1, 0.15) is 0 Å². The molecule has 1 saturated heterocycles. The third-order valence-corrected chi connectivity index (χ3v) is 2.75. The molecule has 0 radical (unpaired) electrons. The van der Waals surface area contributed by atoms with Crippen molar-refractivity contribution in [3.8, 4) is 0 Å².